The minimum absolute atomic E-state index is 0.0931. The van der Waals surface area contributed by atoms with Crippen LogP contribution in [0.2, 0.25) is 5.02 Å². The SMILES string of the molecule is O=C(COc1ccc(S(=O)(=O)N2CCc3ccccc32)cc1Cl)N1CCc2ccccc2C1. The number of hydrogen-bond acceptors (Lipinski definition) is 4. The molecule has 0 aliphatic carbocycles. The van der Waals surface area contributed by atoms with Gasteiger partial charge in [0.25, 0.3) is 15.9 Å². The van der Waals surface area contributed by atoms with Gasteiger partial charge in [-0.25, -0.2) is 8.42 Å². The summed E-state index contributed by atoms with van der Waals surface area (Å²) in [4.78, 5) is 14.5. The second kappa shape index (κ2) is 8.72. The molecule has 3 aromatic carbocycles. The van der Waals surface area contributed by atoms with E-state index in [9.17, 15) is 13.2 Å². The van der Waals surface area contributed by atoms with Crippen LogP contribution in [0.15, 0.2) is 71.6 Å². The topological polar surface area (TPSA) is 66.9 Å². The minimum Gasteiger partial charge on any atom is -0.482 e. The zero-order valence-corrected chi connectivity index (χ0v) is 19.5. The minimum atomic E-state index is -3.75. The van der Waals surface area contributed by atoms with Crippen molar-refractivity contribution in [2.75, 3.05) is 24.0 Å². The first-order valence-corrected chi connectivity index (χ1v) is 12.6. The molecule has 3 aromatic rings. The average Bonchev–Trinajstić information content (AvgIpc) is 3.28. The molecule has 0 bridgehead atoms. The quantitative estimate of drug-likeness (QED) is 0.550. The molecule has 0 saturated carbocycles. The fourth-order valence-corrected chi connectivity index (χ4v) is 6.21. The maximum Gasteiger partial charge on any atom is 0.264 e. The van der Waals surface area contributed by atoms with Crippen LogP contribution in [0.4, 0.5) is 5.69 Å². The lowest BCUT2D eigenvalue weighted by molar-refractivity contribution is -0.134. The summed E-state index contributed by atoms with van der Waals surface area (Å²) < 4.78 is 33.5. The summed E-state index contributed by atoms with van der Waals surface area (Å²) in [5, 5.41) is 0.153. The van der Waals surface area contributed by atoms with Crippen LogP contribution in [0, 0.1) is 0 Å². The van der Waals surface area contributed by atoms with Crippen LogP contribution in [0.25, 0.3) is 0 Å². The van der Waals surface area contributed by atoms with Gasteiger partial charge in [-0.05, 0) is 53.8 Å². The van der Waals surface area contributed by atoms with Crippen molar-refractivity contribution in [1.29, 1.82) is 0 Å². The van der Waals surface area contributed by atoms with Crippen molar-refractivity contribution in [3.05, 3.63) is 88.4 Å². The number of rotatable bonds is 5. The number of para-hydroxylation sites is 1. The lowest BCUT2D eigenvalue weighted by Crippen LogP contribution is -2.38. The first kappa shape index (κ1) is 21.8. The molecular weight excluding hydrogens is 460 g/mol. The molecular formula is C25H23ClN2O4S. The molecule has 0 atom stereocenters. The number of halogens is 1. The van der Waals surface area contributed by atoms with Gasteiger partial charge in [-0.15, -0.1) is 0 Å². The van der Waals surface area contributed by atoms with Gasteiger partial charge in [0.15, 0.2) is 6.61 Å². The number of sulfonamides is 1. The van der Waals surface area contributed by atoms with E-state index in [-0.39, 0.29) is 28.2 Å². The number of nitrogens with zero attached hydrogens (tertiary/aromatic N) is 2. The molecule has 170 valence electrons. The molecule has 2 aliphatic heterocycles. The summed E-state index contributed by atoms with van der Waals surface area (Å²) in [6.07, 6.45) is 1.49. The molecule has 2 aliphatic rings. The Morgan fingerprint density at radius 2 is 1.61 bits per heavy atom. The van der Waals surface area contributed by atoms with E-state index in [1.165, 1.54) is 28.1 Å². The summed E-state index contributed by atoms with van der Waals surface area (Å²) >= 11 is 6.35. The molecule has 1 amide bonds. The van der Waals surface area contributed by atoms with Crippen molar-refractivity contribution < 1.29 is 17.9 Å². The van der Waals surface area contributed by atoms with E-state index < -0.39 is 10.0 Å². The average molecular weight is 483 g/mol. The van der Waals surface area contributed by atoms with Crippen molar-refractivity contribution in [3.8, 4) is 5.75 Å². The van der Waals surface area contributed by atoms with E-state index in [0.717, 1.165) is 17.5 Å². The molecule has 5 rings (SSSR count). The first-order chi connectivity index (χ1) is 15.9. The number of fused-ring (bicyclic) bond motifs is 2. The second-order valence-electron chi connectivity index (χ2n) is 8.17. The lowest BCUT2D eigenvalue weighted by Gasteiger charge is -2.28. The van der Waals surface area contributed by atoms with Crippen molar-refractivity contribution >= 4 is 33.2 Å². The highest BCUT2D eigenvalue weighted by atomic mass is 35.5. The highest BCUT2D eigenvalue weighted by Crippen LogP contribution is 2.35. The first-order valence-electron chi connectivity index (χ1n) is 10.8. The molecule has 33 heavy (non-hydrogen) atoms. The Bertz CT molecular complexity index is 1330. The van der Waals surface area contributed by atoms with Gasteiger partial charge in [-0.3, -0.25) is 9.10 Å². The van der Waals surface area contributed by atoms with Gasteiger partial charge in [0.05, 0.1) is 15.6 Å². The lowest BCUT2D eigenvalue weighted by atomic mass is 10.00. The summed E-state index contributed by atoms with van der Waals surface area (Å²) in [6, 6.07) is 19.9. The predicted molar refractivity (Wildman–Crippen MR) is 127 cm³/mol. The standard InChI is InChI=1S/C25H23ClN2O4S/c26-22-15-21(33(30,31)28-14-12-19-6-3-4-8-23(19)28)9-10-24(22)32-17-25(29)27-13-11-18-5-1-2-7-20(18)16-27/h1-10,15H,11-14,16-17H2. The van der Waals surface area contributed by atoms with Crippen LogP contribution >= 0.6 is 11.6 Å². The molecule has 0 fully saturated rings. The molecule has 0 N–H and O–H groups in total. The third kappa shape index (κ3) is 4.18. The fourth-order valence-electron chi connectivity index (χ4n) is 4.38. The molecule has 0 unspecified atom stereocenters. The van der Waals surface area contributed by atoms with Crippen molar-refractivity contribution in [1.82, 2.24) is 4.90 Å². The van der Waals surface area contributed by atoms with Crippen molar-refractivity contribution in [2.24, 2.45) is 0 Å². The number of carbonyl (C=O) groups is 1. The Kier molecular flexibility index (Phi) is 5.76. The summed E-state index contributed by atoms with van der Waals surface area (Å²) in [5.74, 6) is 0.147. The normalized spacial score (nSPS) is 15.2. The van der Waals surface area contributed by atoms with Gasteiger partial charge >= 0.3 is 0 Å². The van der Waals surface area contributed by atoms with Crippen molar-refractivity contribution in [3.63, 3.8) is 0 Å². The van der Waals surface area contributed by atoms with Gasteiger partial charge < -0.3 is 9.64 Å². The third-order valence-corrected chi connectivity index (χ3v) is 8.27. The van der Waals surface area contributed by atoms with Gasteiger partial charge in [0, 0.05) is 19.6 Å². The summed E-state index contributed by atoms with van der Waals surface area (Å²) in [6.45, 7) is 1.43. The highest BCUT2D eigenvalue weighted by molar-refractivity contribution is 7.92. The van der Waals surface area contributed by atoms with Crippen molar-refractivity contribution in [2.45, 2.75) is 24.3 Å². The Hall–Kier alpha value is -3.03. The van der Waals surface area contributed by atoms with Crippen LogP contribution in [-0.2, 0) is 34.2 Å². The van der Waals surface area contributed by atoms with E-state index in [1.807, 2.05) is 42.5 Å². The smallest absolute Gasteiger partial charge is 0.264 e. The van der Waals surface area contributed by atoms with Gasteiger partial charge in [-0.2, -0.15) is 0 Å². The number of carbonyl (C=O) groups excluding carboxylic acids is 1. The maximum atomic E-state index is 13.2. The number of hydrogen-bond donors (Lipinski definition) is 0. The third-order valence-electron chi connectivity index (χ3n) is 6.17. The van der Waals surface area contributed by atoms with Crippen LogP contribution < -0.4 is 9.04 Å². The van der Waals surface area contributed by atoms with Gasteiger partial charge in [-0.1, -0.05) is 54.1 Å². The van der Waals surface area contributed by atoms with E-state index in [2.05, 4.69) is 6.07 Å². The van der Waals surface area contributed by atoms with Gasteiger partial charge in [0.2, 0.25) is 0 Å². The Morgan fingerprint density at radius 3 is 2.39 bits per heavy atom. The fraction of sp³-hybridized carbons (Fsp3) is 0.240. The Labute approximate surface area is 198 Å². The largest absolute Gasteiger partial charge is 0.482 e. The molecule has 0 saturated heterocycles. The zero-order chi connectivity index (χ0) is 23.0. The molecule has 2 heterocycles. The monoisotopic (exact) mass is 482 g/mol. The molecule has 0 spiro atoms. The van der Waals surface area contributed by atoms with Gasteiger partial charge in [0.1, 0.15) is 5.75 Å². The predicted octanol–water partition coefficient (Wildman–Crippen LogP) is 4.06. The molecule has 0 radical (unpaired) electrons. The summed E-state index contributed by atoms with van der Waals surface area (Å²) in [5.41, 5.74) is 4.12. The van der Waals surface area contributed by atoms with Crippen LogP contribution in [0.1, 0.15) is 16.7 Å². The Morgan fingerprint density at radius 1 is 0.909 bits per heavy atom. The molecule has 6 nitrogen and oxygen atoms in total. The van der Waals surface area contributed by atoms with E-state index in [0.29, 0.717) is 31.7 Å². The Balaban J connectivity index is 1.27. The number of anilines is 1. The van der Waals surface area contributed by atoms with E-state index in [4.69, 9.17) is 16.3 Å². The van der Waals surface area contributed by atoms with Crippen LogP contribution in [0.5, 0.6) is 5.75 Å². The van der Waals surface area contributed by atoms with Crippen LogP contribution in [0.3, 0.4) is 0 Å². The van der Waals surface area contributed by atoms with Crippen LogP contribution in [-0.4, -0.2) is 38.9 Å². The zero-order valence-electron chi connectivity index (χ0n) is 17.9. The number of benzene rings is 3. The number of amides is 1. The summed E-state index contributed by atoms with van der Waals surface area (Å²) in [7, 11) is -3.75. The molecule has 8 heteroatoms. The molecule has 0 aromatic heterocycles. The number of ether oxygens (including phenoxy) is 1. The van der Waals surface area contributed by atoms with E-state index in [1.54, 1.807) is 4.90 Å². The second-order valence-corrected chi connectivity index (χ2v) is 10.4. The van der Waals surface area contributed by atoms with E-state index >= 15 is 0 Å². The highest BCUT2D eigenvalue weighted by Gasteiger charge is 2.31. The maximum absolute atomic E-state index is 13.2.